The van der Waals surface area contributed by atoms with Crippen molar-refractivity contribution in [2.24, 2.45) is 5.92 Å². The Morgan fingerprint density at radius 2 is 1.76 bits per heavy atom. The Morgan fingerprint density at radius 3 is 2.41 bits per heavy atom. The molecule has 17 heavy (non-hydrogen) atoms. The maximum atomic E-state index is 12.2. The minimum Gasteiger partial charge on any atom is -0.340 e. The minimum atomic E-state index is 0.374. The molecule has 0 N–H and O–H groups in total. The highest BCUT2D eigenvalue weighted by Gasteiger charge is 2.24. The number of hydrogen-bond donors (Lipinski definition) is 0. The molecule has 2 rings (SSSR count). The fourth-order valence-corrected chi connectivity index (χ4v) is 2.87. The summed E-state index contributed by atoms with van der Waals surface area (Å²) >= 11 is 0. The van der Waals surface area contributed by atoms with E-state index in [1.165, 1.54) is 19.4 Å². The summed E-state index contributed by atoms with van der Waals surface area (Å²) in [6.45, 7) is 6.17. The van der Waals surface area contributed by atoms with E-state index in [0.29, 0.717) is 11.8 Å². The standard InChI is InChI=1S/C13H25N3O/c1-14-6-8-16(9-7-14)13(17)10-12-4-3-5-15(2)11-12/h12H,3-11H2,1-2H3. The van der Waals surface area contributed by atoms with Gasteiger partial charge in [0.25, 0.3) is 0 Å². The first-order chi connectivity index (χ1) is 8.15. The maximum absolute atomic E-state index is 12.2. The van der Waals surface area contributed by atoms with Crippen molar-refractivity contribution in [2.75, 3.05) is 53.4 Å². The average molecular weight is 239 g/mol. The molecule has 0 radical (unpaired) electrons. The van der Waals surface area contributed by atoms with E-state index >= 15 is 0 Å². The summed E-state index contributed by atoms with van der Waals surface area (Å²) in [5.41, 5.74) is 0. The van der Waals surface area contributed by atoms with Gasteiger partial charge < -0.3 is 14.7 Å². The lowest BCUT2D eigenvalue weighted by Crippen LogP contribution is -2.48. The van der Waals surface area contributed by atoms with Crippen LogP contribution in [0.2, 0.25) is 0 Å². The molecule has 1 atom stereocenters. The summed E-state index contributed by atoms with van der Waals surface area (Å²) in [7, 11) is 4.28. The van der Waals surface area contributed by atoms with Gasteiger partial charge in [-0.05, 0) is 39.4 Å². The van der Waals surface area contributed by atoms with Crippen LogP contribution in [0.3, 0.4) is 0 Å². The molecule has 0 aromatic heterocycles. The van der Waals surface area contributed by atoms with Gasteiger partial charge in [-0.25, -0.2) is 0 Å². The average Bonchev–Trinajstić information content (AvgIpc) is 2.29. The van der Waals surface area contributed by atoms with Crippen LogP contribution in [0.25, 0.3) is 0 Å². The van der Waals surface area contributed by atoms with Crippen molar-refractivity contribution in [3.8, 4) is 0 Å². The Hall–Kier alpha value is -0.610. The molecule has 2 aliphatic rings. The van der Waals surface area contributed by atoms with Gasteiger partial charge in [0.15, 0.2) is 0 Å². The highest BCUT2D eigenvalue weighted by Crippen LogP contribution is 2.19. The Balaban J connectivity index is 1.76. The molecule has 0 saturated carbocycles. The van der Waals surface area contributed by atoms with Crippen LogP contribution in [0.5, 0.6) is 0 Å². The molecule has 4 heteroatoms. The van der Waals surface area contributed by atoms with Crippen molar-refractivity contribution >= 4 is 5.91 Å². The van der Waals surface area contributed by atoms with Gasteiger partial charge in [-0.1, -0.05) is 0 Å². The number of nitrogens with zero attached hydrogens (tertiary/aromatic N) is 3. The molecule has 0 aromatic rings. The summed E-state index contributed by atoms with van der Waals surface area (Å²) in [4.78, 5) is 18.9. The third-order valence-electron chi connectivity index (χ3n) is 4.04. The summed E-state index contributed by atoms with van der Waals surface area (Å²) < 4.78 is 0. The molecule has 0 spiro atoms. The molecule has 1 amide bonds. The highest BCUT2D eigenvalue weighted by atomic mass is 16.2. The monoisotopic (exact) mass is 239 g/mol. The van der Waals surface area contributed by atoms with Crippen molar-refractivity contribution in [3.63, 3.8) is 0 Å². The van der Waals surface area contributed by atoms with Crippen LogP contribution in [0, 0.1) is 5.92 Å². The van der Waals surface area contributed by atoms with E-state index in [2.05, 4.69) is 28.8 Å². The molecule has 2 saturated heterocycles. The van der Waals surface area contributed by atoms with Crippen LogP contribution in [-0.4, -0.2) is 74.0 Å². The molecule has 2 heterocycles. The summed E-state index contributed by atoms with van der Waals surface area (Å²) in [6.07, 6.45) is 3.23. The first-order valence-corrected chi connectivity index (χ1v) is 6.80. The van der Waals surface area contributed by atoms with E-state index in [1.54, 1.807) is 0 Å². The highest BCUT2D eigenvalue weighted by molar-refractivity contribution is 5.76. The van der Waals surface area contributed by atoms with E-state index in [4.69, 9.17) is 0 Å². The zero-order valence-corrected chi connectivity index (χ0v) is 11.2. The zero-order valence-electron chi connectivity index (χ0n) is 11.2. The van der Waals surface area contributed by atoms with Gasteiger partial charge in [-0.2, -0.15) is 0 Å². The molecular weight excluding hydrogens is 214 g/mol. The molecule has 2 aliphatic heterocycles. The van der Waals surface area contributed by atoms with E-state index in [-0.39, 0.29) is 0 Å². The molecule has 0 aromatic carbocycles. The fraction of sp³-hybridized carbons (Fsp3) is 0.923. The number of carbonyl (C=O) groups is 1. The predicted molar refractivity (Wildman–Crippen MR) is 68.9 cm³/mol. The van der Waals surface area contributed by atoms with E-state index in [1.807, 2.05) is 0 Å². The number of piperidine rings is 1. The second-order valence-corrected chi connectivity index (χ2v) is 5.66. The van der Waals surface area contributed by atoms with E-state index in [0.717, 1.165) is 39.1 Å². The summed E-state index contributed by atoms with van der Waals surface area (Å²) in [6, 6.07) is 0. The van der Waals surface area contributed by atoms with Gasteiger partial charge in [0.2, 0.25) is 5.91 Å². The molecular formula is C13H25N3O. The van der Waals surface area contributed by atoms with Gasteiger partial charge >= 0.3 is 0 Å². The topological polar surface area (TPSA) is 26.8 Å². The van der Waals surface area contributed by atoms with Gasteiger partial charge in [0.1, 0.15) is 0 Å². The predicted octanol–water partition coefficient (Wildman–Crippen LogP) is 0.492. The fourth-order valence-electron chi connectivity index (χ4n) is 2.87. The first-order valence-electron chi connectivity index (χ1n) is 6.80. The second kappa shape index (κ2) is 5.83. The quantitative estimate of drug-likeness (QED) is 0.702. The molecule has 4 nitrogen and oxygen atoms in total. The number of amides is 1. The summed E-state index contributed by atoms with van der Waals surface area (Å²) in [5, 5.41) is 0. The molecule has 0 aliphatic carbocycles. The van der Waals surface area contributed by atoms with E-state index < -0.39 is 0 Å². The number of likely N-dealkylation sites (N-methyl/N-ethyl adjacent to an activating group) is 1. The van der Waals surface area contributed by atoms with Crippen LogP contribution in [0.15, 0.2) is 0 Å². The van der Waals surface area contributed by atoms with E-state index in [9.17, 15) is 4.79 Å². The van der Waals surface area contributed by atoms with Gasteiger partial charge in [-0.3, -0.25) is 4.79 Å². The number of carbonyl (C=O) groups excluding carboxylic acids is 1. The first kappa shape index (κ1) is 12.8. The number of rotatable bonds is 2. The maximum Gasteiger partial charge on any atom is 0.222 e. The Morgan fingerprint density at radius 1 is 1.06 bits per heavy atom. The molecule has 98 valence electrons. The van der Waals surface area contributed by atoms with Crippen molar-refractivity contribution in [1.29, 1.82) is 0 Å². The van der Waals surface area contributed by atoms with Crippen LogP contribution < -0.4 is 0 Å². The van der Waals surface area contributed by atoms with Gasteiger partial charge in [-0.15, -0.1) is 0 Å². The van der Waals surface area contributed by atoms with Gasteiger partial charge in [0, 0.05) is 39.1 Å². The second-order valence-electron chi connectivity index (χ2n) is 5.66. The smallest absolute Gasteiger partial charge is 0.222 e. The third-order valence-corrected chi connectivity index (χ3v) is 4.04. The Bertz CT molecular complexity index is 261. The third kappa shape index (κ3) is 3.68. The largest absolute Gasteiger partial charge is 0.340 e. The Labute approximate surface area is 105 Å². The number of likely N-dealkylation sites (tertiary alicyclic amines) is 1. The van der Waals surface area contributed by atoms with Crippen molar-refractivity contribution in [2.45, 2.75) is 19.3 Å². The molecule has 2 fully saturated rings. The number of piperazine rings is 1. The van der Waals surface area contributed by atoms with Crippen molar-refractivity contribution < 1.29 is 4.79 Å². The lowest BCUT2D eigenvalue weighted by molar-refractivity contribution is -0.134. The van der Waals surface area contributed by atoms with Crippen LogP contribution >= 0.6 is 0 Å². The van der Waals surface area contributed by atoms with Crippen molar-refractivity contribution in [3.05, 3.63) is 0 Å². The number of hydrogen-bond acceptors (Lipinski definition) is 3. The lowest BCUT2D eigenvalue weighted by atomic mass is 9.94. The van der Waals surface area contributed by atoms with Crippen LogP contribution in [0.1, 0.15) is 19.3 Å². The SMILES string of the molecule is CN1CCN(C(=O)CC2CCCN(C)C2)CC1. The van der Waals surface area contributed by atoms with Crippen molar-refractivity contribution in [1.82, 2.24) is 14.7 Å². The molecule has 0 bridgehead atoms. The van der Waals surface area contributed by atoms with Crippen LogP contribution in [0.4, 0.5) is 0 Å². The van der Waals surface area contributed by atoms with Crippen LogP contribution in [-0.2, 0) is 4.79 Å². The minimum absolute atomic E-state index is 0.374. The zero-order chi connectivity index (χ0) is 12.3. The van der Waals surface area contributed by atoms with Gasteiger partial charge in [0.05, 0.1) is 0 Å². The lowest BCUT2D eigenvalue weighted by Gasteiger charge is -2.35. The Kier molecular flexibility index (Phi) is 4.40. The normalized spacial score (nSPS) is 28.4. The summed E-state index contributed by atoms with van der Waals surface area (Å²) in [5.74, 6) is 0.958. The molecule has 1 unspecified atom stereocenters.